The standard InChI is InChI=1S/C14H22N4O2/c1-14(9-19,10-4-5-10)17-13(20)16-11-6-7-12(15-8-11)18(2)3/h6-8,10,19H,4-5,9H2,1-3H3,(H2,16,17,20). The summed E-state index contributed by atoms with van der Waals surface area (Å²) in [5.74, 6) is 1.20. The fraction of sp³-hybridized carbons (Fsp3) is 0.571. The Labute approximate surface area is 119 Å². The van der Waals surface area contributed by atoms with Gasteiger partial charge in [0.15, 0.2) is 0 Å². The fourth-order valence-electron chi connectivity index (χ4n) is 2.14. The number of aliphatic hydroxyl groups excluding tert-OH is 1. The second kappa shape index (κ2) is 5.66. The van der Waals surface area contributed by atoms with Gasteiger partial charge in [0.05, 0.1) is 24.0 Å². The molecule has 1 aliphatic carbocycles. The van der Waals surface area contributed by atoms with Crippen molar-refractivity contribution in [1.29, 1.82) is 0 Å². The summed E-state index contributed by atoms with van der Waals surface area (Å²) in [5.41, 5.74) is 0.0883. The summed E-state index contributed by atoms with van der Waals surface area (Å²) in [6.45, 7) is 1.82. The van der Waals surface area contributed by atoms with E-state index in [1.54, 1.807) is 12.3 Å². The van der Waals surface area contributed by atoms with Crippen molar-refractivity contribution in [2.24, 2.45) is 5.92 Å². The third kappa shape index (κ3) is 3.39. The number of anilines is 2. The molecule has 20 heavy (non-hydrogen) atoms. The molecular formula is C14H22N4O2. The number of nitrogens with one attached hydrogen (secondary N) is 2. The molecular weight excluding hydrogens is 256 g/mol. The number of pyridine rings is 1. The molecule has 110 valence electrons. The van der Waals surface area contributed by atoms with Gasteiger partial charge in [-0.1, -0.05) is 0 Å². The minimum absolute atomic E-state index is 0.0527. The average molecular weight is 278 g/mol. The van der Waals surface area contributed by atoms with E-state index in [1.807, 2.05) is 32.0 Å². The zero-order valence-electron chi connectivity index (χ0n) is 12.2. The van der Waals surface area contributed by atoms with Crippen LogP contribution < -0.4 is 15.5 Å². The lowest BCUT2D eigenvalue weighted by atomic mass is 9.97. The Bertz CT molecular complexity index is 471. The Morgan fingerprint density at radius 1 is 1.50 bits per heavy atom. The topological polar surface area (TPSA) is 77.5 Å². The number of carbonyl (C=O) groups excluding carboxylic acids is 1. The molecule has 1 unspecified atom stereocenters. The highest BCUT2D eigenvalue weighted by molar-refractivity contribution is 5.89. The molecule has 0 radical (unpaired) electrons. The van der Waals surface area contributed by atoms with Gasteiger partial charge in [0, 0.05) is 14.1 Å². The van der Waals surface area contributed by atoms with Crippen LogP contribution in [0.25, 0.3) is 0 Å². The Morgan fingerprint density at radius 3 is 2.65 bits per heavy atom. The first-order valence-corrected chi connectivity index (χ1v) is 6.78. The first kappa shape index (κ1) is 14.6. The van der Waals surface area contributed by atoms with Crippen molar-refractivity contribution in [3.63, 3.8) is 0 Å². The van der Waals surface area contributed by atoms with Crippen LogP contribution >= 0.6 is 0 Å². The Balaban J connectivity index is 1.94. The third-order valence-corrected chi connectivity index (χ3v) is 3.67. The van der Waals surface area contributed by atoms with Crippen LogP contribution in [0, 0.1) is 5.92 Å². The number of hydrogen-bond donors (Lipinski definition) is 3. The van der Waals surface area contributed by atoms with Crippen LogP contribution in [0.15, 0.2) is 18.3 Å². The summed E-state index contributed by atoms with van der Waals surface area (Å²) in [7, 11) is 3.81. The first-order chi connectivity index (χ1) is 9.44. The van der Waals surface area contributed by atoms with Crippen LogP contribution in [0.2, 0.25) is 0 Å². The quantitative estimate of drug-likeness (QED) is 0.761. The van der Waals surface area contributed by atoms with Crippen LogP contribution in [0.3, 0.4) is 0 Å². The van der Waals surface area contributed by atoms with Gasteiger partial charge in [0.2, 0.25) is 0 Å². The number of rotatable bonds is 5. The fourth-order valence-corrected chi connectivity index (χ4v) is 2.14. The molecule has 1 saturated carbocycles. The van der Waals surface area contributed by atoms with Gasteiger partial charge >= 0.3 is 6.03 Å². The van der Waals surface area contributed by atoms with E-state index in [1.165, 1.54) is 0 Å². The van der Waals surface area contributed by atoms with Crippen molar-refractivity contribution in [3.05, 3.63) is 18.3 Å². The van der Waals surface area contributed by atoms with Gasteiger partial charge in [-0.25, -0.2) is 9.78 Å². The molecule has 1 heterocycles. The van der Waals surface area contributed by atoms with Crippen LogP contribution in [0.1, 0.15) is 19.8 Å². The number of hydrogen-bond acceptors (Lipinski definition) is 4. The van der Waals surface area contributed by atoms with E-state index in [0.717, 1.165) is 18.7 Å². The van der Waals surface area contributed by atoms with Gasteiger partial charge in [-0.3, -0.25) is 0 Å². The van der Waals surface area contributed by atoms with Crippen LogP contribution in [0.4, 0.5) is 16.3 Å². The zero-order chi connectivity index (χ0) is 14.8. The van der Waals surface area contributed by atoms with Crippen molar-refractivity contribution in [3.8, 4) is 0 Å². The Hall–Kier alpha value is -1.82. The third-order valence-electron chi connectivity index (χ3n) is 3.67. The lowest BCUT2D eigenvalue weighted by molar-refractivity contribution is 0.159. The highest BCUT2D eigenvalue weighted by Crippen LogP contribution is 2.39. The van der Waals surface area contributed by atoms with E-state index in [2.05, 4.69) is 15.6 Å². The summed E-state index contributed by atoms with van der Waals surface area (Å²) in [4.78, 5) is 18.1. The van der Waals surface area contributed by atoms with Gasteiger partial charge < -0.3 is 20.6 Å². The monoisotopic (exact) mass is 278 g/mol. The molecule has 0 saturated heterocycles. The molecule has 1 aromatic rings. The largest absolute Gasteiger partial charge is 0.394 e. The van der Waals surface area contributed by atoms with Crippen molar-refractivity contribution < 1.29 is 9.90 Å². The Kier molecular flexibility index (Phi) is 4.13. The summed E-state index contributed by atoms with van der Waals surface area (Å²) in [5, 5.41) is 15.0. The maximum atomic E-state index is 12.0. The van der Waals surface area contributed by atoms with Gasteiger partial charge in [-0.15, -0.1) is 0 Å². The van der Waals surface area contributed by atoms with Crippen LogP contribution in [0.5, 0.6) is 0 Å². The second-order valence-electron chi connectivity index (χ2n) is 5.73. The molecule has 3 N–H and O–H groups in total. The van der Waals surface area contributed by atoms with Crippen molar-refractivity contribution in [2.45, 2.75) is 25.3 Å². The molecule has 2 rings (SSSR count). The summed E-state index contributed by atoms with van der Waals surface area (Å²) < 4.78 is 0. The lowest BCUT2D eigenvalue weighted by Gasteiger charge is -2.28. The minimum atomic E-state index is -0.541. The lowest BCUT2D eigenvalue weighted by Crippen LogP contribution is -2.52. The highest BCUT2D eigenvalue weighted by atomic mass is 16.3. The summed E-state index contributed by atoms with van der Waals surface area (Å²) in [6.07, 6.45) is 3.72. The molecule has 1 aliphatic rings. The molecule has 1 aromatic heterocycles. The molecule has 6 nitrogen and oxygen atoms in total. The molecule has 2 amide bonds. The van der Waals surface area contributed by atoms with Crippen LogP contribution in [-0.4, -0.2) is 42.4 Å². The zero-order valence-corrected chi connectivity index (χ0v) is 12.2. The van der Waals surface area contributed by atoms with E-state index in [4.69, 9.17) is 0 Å². The number of aromatic nitrogens is 1. The minimum Gasteiger partial charge on any atom is -0.394 e. The molecule has 1 atom stereocenters. The molecule has 1 fully saturated rings. The van der Waals surface area contributed by atoms with Gasteiger partial charge in [-0.2, -0.15) is 0 Å². The predicted molar refractivity (Wildman–Crippen MR) is 78.9 cm³/mol. The van der Waals surface area contributed by atoms with E-state index < -0.39 is 5.54 Å². The number of urea groups is 1. The van der Waals surface area contributed by atoms with Crippen LogP contribution in [-0.2, 0) is 0 Å². The van der Waals surface area contributed by atoms with Crippen molar-refractivity contribution in [1.82, 2.24) is 10.3 Å². The average Bonchev–Trinajstić information content (AvgIpc) is 3.23. The number of carbonyl (C=O) groups is 1. The maximum absolute atomic E-state index is 12.0. The summed E-state index contributed by atoms with van der Waals surface area (Å²) in [6, 6.07) is 3.32. The second-order valence-corrected chi connectivity index (χ2v) is 5.73. The smallest absolute Gasteiger partial charge is 0.319 e. The van der Waals surface area contributed by atoms with E-state index in [0.29, 0.717) is 11.6 Å². The SMILES string of the molecule is CN(C)c1ccc(NC(=O)NC(C)(CO)C2CC2)cn1. The number of nitrogens with zero attached hydrogens (tertiary/aromatic N) is 2. The van der Waals surface area contributed by atoms with Crippen molar-refractivity contribution in [2.75, 3.05) is 30.9 Å². The molecule has 0 spiro atoms. The van der Waals surface area contributed by atoms with Gasteiger partial charge in [0.1, 0.15) is 5.82 Å². The first-order valence-electron chi connectivity index (χ1n) is 6.78. The summed E-state index contributed by atoms with van der Waals surface area (Å²) >= 11 is 0. The highest BCUT2D eigenvalue weighted by Gasteiger charge is 2.42. The van der Waals surface area contributed by atoms with Crippen molar-refractivity contribution >= 4 is 17.5 Å². The normalized spacial score (nSPS) is 17.2. The predicted octanol–water partition coefficient (Wildman–Crippen LogP) is 1.43. The molecule has 0 aliphatic heterocycles. The van der Waals surface area contributed by atoms with E-state index in [-0.39, 0.29) is 12.6 Å². The van der Waals surface area contributed by atoms with Gasteiger partial charge in [0.25, 0.3) is 0 Å². The maximum Gasteiger partial charge on any atom is 0.319 e. The van der Waals surface area contributed by atoms with E-state index in [9.17, 15) is 9.90 Å². The Morgan fingerprint density at radius 2 is 2.20 bits per heavy atom. The van der Waals surface area contributed by atoms with Gasteiger partial charge in [-0.05, 0) is 37.8 Å². The molecule has 6 heteroatoms. The number of aliphatic hydroxyl groups is 1. The molecule has 0 bridgehead atoms. The number of amides is 2. The van der Waals surface area contributed by atoms with E-state index >= 15 is 0 Å². The molecule has 0 aromatic carbocycles.